The summed E-state index contributed by atoms with van der Waals surface area (Å²) in [6.07, 6.45) is 3.61. The minimum atomic E-state index is 0.512. The number of rotatable bonds is 1. The second kappa shape index (κ2) is 3.65. The van der Waals surface area contributed by atoms with Gasteiger partial charge in [-0.2, -0.15) is 0 Å². The first-order chi connectivity index (χ1) is 8.42. The molecule has 2 aromatic rings. The highest BCUT2D eigenvalue weighted by atomic mass is 32.1. The fourth-order valence-electron chi connectivity index (χ4n) is 2.82. The van der Waals surface area contributed by atoms with Crippen molar-refractivity contribution < 1.29 is 0 Å². The van der Waals surface area contributed by atoms with Gasteiger partial charge in [0.15, 0.2) is 0 Å². The molecule has 2 heterocycles. The lowest BCUT2D eigenvalue weighted by Gasteiger charge is -2.05. The molecular weight excluding hydrogens is 228 g/mol. The van der Waals surface area contributed by atoms with Crippen LogP contribution in [0.2, 0.25) is 0 Å². The normalized spacial score (nSPS) is 21.5. The summed E-state index contributed by atoms with van der Waals surface area (Å²) in [4.78, 5) is 6.32. The van der Waals surface area contributed by atoms with Crippen LogP contribution < -0.4 is 5.32 Å². The molecule has 0 bridgehead atoms. The summed E-state index contributed by atoms with van der Waals surface area (Å²) in [5.74, 6) is 0. The maximum atomic E-state index is 4.87. The van der Waals surface area contributed by atoms with Gasteiger partial charge in [-0.1, -0.05) is 24.3 Å². The van der Waals surface area contributed by atoms with Gasteiger partial charge in [-0.05, 0) is 24.9 Å². The Morgan fingerprint density at radius 1 is 1.29 bits per heavy atom. The zero-order valence-corrected chi connectivity index (χ0v) is 10.4. The van der Waals surface area contributed by atoms with E-state index in [-0.39, 0.29) is 0 Å². The Labute approximate surface area is 105 Å². The predicted octanol–water partition coefficient (Wildman–Crippen LogP) is 3.14. The van der Waals surface area contributed by atoms with Crippen molar-refractivity contribution in [2.45, 2.75) is 25.3 Å². The van der Waals surface area contributed by atoms with E-state index in [1.807, 2.05) is 11.3 Å². The Balaban J connectivity index is 1.77. The molecule has 1 N–H and O–H groups in total. The molecule has 1 aliphatic carbocycles. The van der Waals surface area contributed by atoms with Crippen LogP contribution >= 0.6 is 11.3 Å². The van der Waals surface area contributed by atoms with Crippen LogP contribution in [0.25, 0.3) is 11.3 Å². The van der Waals surface area contributed by atoms with Gasteiger partial charge in [0.2, 0.25) is 0 Å². The quantitative estimate of drug-likeness (QED) is 0.709. The summed E-state index contributed by atoms with van der Waals surface area (Å²) < 4.78 is 0. The summed E-state index contributed by atoms with van der Waals surface area (Å²) in [6, 6.07) is 9.16. The fourth-order valence-corrected chi connectivity index (χ4v) is 4.04. The molecule has 0 saturated carbocycles. The molecule has 86 valence electrons. The van der Waals surface area contributed by atoms with Crippen molar-refractivity contribution >= 4 is 11.3 Å². The molecule has 1 aliphatic heterocycles. The van der Waals surface area contributed by atoms with Gasteiger partial charge in [0.25, 0.3) is 0 Å². The molecule has 17 heavy (non-hydrogen) atoms. The Kier molecular flexibility index (Phi) is 2.11. The van der Waals surface area contributed by atoms with Crippen LogP contribution in [-0.2, 0) is 6.42 Å². The Morgan fingerprint density at radius 2 is 2.24 bits per heavy atom. The average Bonchev–Trinajstić information content (AvgIpc) is 3.03. The van der Waals surface area contributed by atoms with Crippen LogP contribution in [0, 0.1) is 0 Å². The minimum Gasteiger partial charge on any atom is -0.308 e. The lowest BCUT2D eigenvalue weighted by Crippen LogP contribution is -2.12. The SMILES string of the molecule is c1ccc2c(c1)Cc1sc(C3CCCN3)nc1-2. The second-order valence-corrected chi connectivity index (χ2v) is 5.92. The lowest BCUT2D eigenvalue weighted by molar-refractivity contribution is 0.643. The molecule has 1 atom stereocenters. The molecule has 2 aliphatic rings. The summed E-state index contributed by atoms with van der Waals surface area (Å²) >= 11 is 1.90. The number of hydrogen-bond acceptors (Lipinski definition) is 3. The van der Waals surface area contributed by atoms with E-state index in [4.69, 9.17) is 4.98 Å². The van der Waals surface area contributed by atoms with Crippen LogP contribution in [0.1, 0.15) is 34.3 Å². The summed E-state index contributed by atoms with van der Waals surface area (Å²) in [6.45, 7) is 1.14. The van der Waals surface area contributed by atoms with Gasteiger partial charge in [0, 0.05) is 16.9 Å². The van der Waals surface area contributed by atoms with E-state index in [1.165, 1.54) is 39.5 Å². The summed E-state index contributed by atoms with van der Waals surface area (Å²) in [7, 11) is 0. The van der Waals surface area contributed by atoms with Gasteiger partial charge < -0.3 is 5.32 Å². The van der Waals surface area contributed by atoms with Gasteiger partial charge in [-0.15, -0.1) is 11.3 Å². The number of nitrogens with zero attached hydrogens (tertiary/aromatic N) is 1. The third kappa shape index (κ3) is 1.46. The highest BCUT2D eigenvalue weighted by molar-refractivity contribution is 7.12. The van der Waals surface area contributed by atoms with E-state index in [0.717, 1.165) is 13.0 Å². The fraction of sp³-hybridized carbons (Fsp3) is 0.357. The molecule has 0 spiro atoms. The molecular formula is C14H14N2S. The van der Waals surface area contributed by atoms with Gasteiger partial charge in [0.05, 0.1) is 11.7 Å². The molecule has 0 amide bonds. The molecule has 0 radical (unpaired) electrons. The van der Waals surface area contributed by atoms with E-state index in [1.54, 1.807) is 0 Å². The number of nitrogens with one attached hydrogen (secondary N) is 1. The second-order valence-electron chi connectivity index (χ2n) is 4.81. The first kappa shape index (κ1) is 9.80. The number of aromatic nitrogens is 1. The van der Waals surface area contributed by atoms with Crippen LogP contribution in [-0.4, -0.2) is 11.5 Å². The van der Waals surface area contributed by atoms with E-state index < -0.39 is 0 Å². The molecule has 3 heteroatoms. The zero-order valence-electron chi connectivity index (χ0n) is 9.57. The average molecular weight is 242 g/mol. The van der Waals surface area contributed by atoms with Crippen LogP contribution in [0.3, 0.4) is 0 Å². The van der Waals surface area contributed by atoms with E-state index >= 15 is 0 Å². The van der Waals surface area contributed by atoms with Crippen molar-refractivity contribution in [3.8, 4) is 11.3 Å². The first-order valence-electron chi connectivity index (χ1n) is 6.23. The predicted molar refractivity (Wildman–Crippen MR) is 70.3 cm³/mol. The standard InChI is InChI=1S/C14H14N2S/c1-2-5-10-9(4-1)8-12-13(10)16-14(17-12)11-6-3-7-15-11/h1-2,4-5,11,15H,3,6-8H2. The maximum Gasteiger partial charge on any atom is 0.111 e. The monoisotopic (exact) mass is 242 g/mol. The largest absolute Gasteiger partial charge is 0.308 e. The van der Waals surface area contributed by atoms with E-state index in [9.17, 15) is 0 Å². The van der Waals surface area contributed by atoms with Crippen LogP contribution in [0.15, 0.2) is 24.3 Å². The van der Waals surface area contributed by atoms with Crippen molar-refractivity contribution in [3.63, 3.8) is 0 Å². The first-order valence-corrected chi connectivity index (χ1v) is 7.05. The Bertz CT molecular complexity index is 567. The third-order valence-corrected chi connectivity index (χ3v) is 4.86. The Hall–Kier alpha value is -1.19. The maximum absolute atomic E-state index is 4.87. The lowest BCUT2D eigenvalue weighted by atomic mass is 10.1. The van der Waals surface area contributed by atoms with E-state index in [2.05, 4.69) is 29.6 Å². The van der Waals surface area contributed by atoms with Crippen molar-refractivity contribution in [1.29, 1.82) is 0 Å². The van der Waals surface area contributed by atoms with Crippen molar-refractivity contribution in [1.82, 2.24) is 10.3 Å². The number of thiazole rings is 1. The van der Waals surface area contributed by atoms with Gasteiger partial charge in [0.1, 0.15) is 5.01 Å². The number of hydrogen-bond donors (Lipinski definition) is 1. The van der Waals surface area contributed by atoms with Crippen LogP contribution in [0.4, 0.5) is 0 Å². The number of benzene rings is 1. The smallest absolute Gasteiger partial charge is 0.111 e. The molecule has 4 rings (SSSR count). The van der Waals surface area contributed by atoms with Crippen molar-refractivity contribution in [2.75, 3.05) is 6.54 Å². The molecule has 1 unspecified atom stereocenters. The molecule has 2 nitrogen and oxygen atoms in total. The van der Waals surface area contributed by atoms with Gasteiger partial charge in [-0.3, -0.25) is 0 Å². The highest BCUT2D eigenvalue weighted by Gasteiger charge is 2.26. The third-order valence-electron chi connectivity index (χ3n) is 3.70. The zero-order chi connectivity index (χ0) is 11.2. The summed E-state index contributed by atoms with van der Waals surface area (Å²) in [5, 5.41) is 4.83. The van der Waals surface area contributed by atoms with Crippen molar-refractivity contribution in [2.24, 2.45) is 0 Å². The summed E-state index contributed by atoms with van der Waals surface area (Å²) in [5.41, 5.74) is 4.03. The molecule has 1 aromatic carbocycles. The van der Waals surface area contributed by atoms with Crippen molar-refractivity contribution in [3.05, 3.63) is 39.7 Å². The highest BCUT2D eigenvalue weighted by Crippen LogP contribution is 2.41. The number of fused-ring (bicyclic) bond motifs is 3. The van der Waals surface area contributed by atoms with Gasteiger partial charge >= 0.3 is 0 Å². The minimum absolute atomic E-state index is 0.512. The molecule has 1 aromatic heterocycles. The molecule has 1 saturated heterocycles. The van der Waals surface area contributed by atoms with Crippen LogP contribution in [0.5, 0.6) is 0 Å². The molecule has 1 fully saturated rings. The van der Waals surface area contributed by atoms with Gasteiger partial charge in [-0.25, -0.2) is 4.98 Å². The topological polar surface area (TPSA) is 24.9 Å². The van der Waals surface area contributed by atoms with E-state index in [0.29, 0.717) is 6.04 Å². The Morgan fingerprint density at radius 3 is 3.12 bits per heavy atom.